The van der Waals surface area contributed by atoms with Gasteiger partial charge in [-0.2, -0.15) is 4.31 Å². The molecule has 0 saturated heterocycles. The van der Waals surface area contributed by atoms with E-state index in [0.717, 1.165) is 26.6 Å². The highest BCUT2D eigenvalue weighted by Crippen LogP contribution is 2.19. The molecular weight excluding hydrogens is 486 g/mol. The Hall–Kier alpha value is -3.49. The zero-order valence-corrected chi connectivity index (χ0v) is 22.7. The highest BCUT2D eigenvalue weighted by Gasteiger charge is 2.33. The Balaban J connectivity index is 1.96. The Kier molecular flexibility index (Phi) is 9.60. The molecule has 0 saturated carbocycles. The summed E-state index contributed by atoms with van der Waals surface area (Å²) in [5.74, 6) is -0.731. The largest absolute Gasteiger partial charge is 0.355 e. The summed E-state index contributed by atoms with van der Waals surface area (Å²) in [6, 6.07) is 22.9. The molecule has 0 radical (unpaired) electrons. The predicted octanol–water partition coefficient (Wildman–Crippen LogP) is 3.70. The summed E-state index contributed by atoms with van der Waals surface area (Å²) in [7, 11) is -2.51. The van der Waals surface area contributed by atoms with Crippen LogP contribution >= 0.6 is 0 Å². The van der Waals surface area contributed by atoms with Gasteiger partial charge in [-0.15, -0.1) is 0 Å². The first-order valence-electron chi connectivity index (χ1n) is 12.3. The second kappa shape index (κ2) is 12.7. The van der Waals surface area contributed by atoms with Gasteiger partial charge in [-0.1, -0.05) is 72.3 Å². The van der Waals surface area contributed by atoms with Gasteiger partial charge < -0.3 is 10.2 Å². The first-order chi connectivity index (χ1) is 17.6. The number of hydrogen-bond acceptors (Lipinski definition) is 4. The zero-order valence-electron chi connectivity index (χ0n) is 21.8. The van der Waals surface area contributed by atoms with Gasteiger partial charge in [0.2, 0.25) is 21.8 Å². The Morgan fingerprint density at radius 1 is 0.892 bits per heavy atom. The maximum atomic E-state index is 13.8. The van der Waals surface area contributed by atoms with Crippen molar-refractivity contribution in [2.45, 2.75) is 44.7 Å². The third-order valence-electron chi connectivity index (χ3n) is 6.31. The number of sulfonamides is 1. The number of nitrogens with one attached hydrogen (secondary N) is 1. The molecule has 0 spiro atoms. The molecule has 7 nitrogen and oxygen atoms in total. The molecule has 0 fully saturated rings. The lowest BCUT2D eigenvalue weighted by Crippen LogP contribution is -2.53. The molecule has 37 heavy (non-hydrogen) atoms. The number of carbonyl (C=O) groups excluding carboxylic acids is 2. The molecule has 0 bridgehead atoms. The van der Waals surface area contributed by atoms with Crippen LogP contribution in [0.1, 0.15) is 29.2 Å². The lowest BCUT2D eigenvalue weighted by atomic mass is 10.0. The van der Waals surface area contributed by atoms with Gasteiger partial charge in [0.25, 0.3) is 0 Å². The van der Waals surface area contributed by atoms with Crippen molar-refractivity contribution >= 4 is 21.8 Å². The first kappa shape index (κ1) is 28.1. The maximum absolute atomic E-state index is 13.8. The van der Waals surface area contributed by atoms with Gasteiger partial charge >= 0.3 is 0 Å². The molecule has 3 rings (SSSR count). The monoisotopic (exact) mass is 521 g/mol. The summed E-state index contributed by atoms with van der Waals surface area (Å²) in [6.07, 6.45) is 0.304. The predicted molar refractivity (Wildman–Crippen MR) is 145 cm³/mol. The third kappa shape index (κ3) is 7.27. The van der Waals surface area contributed by atoms with Crippen molar-refractivity contribution < 1.29 is 18.0 Å². The normalized spacial score (nSPS) is 12.2. The minimum atomic E-state index is -3.90. The van der Waals surface area contributed by atoms with Crippen molar-refractivity contribution in [3.63, 3.8) is 0 Å². The number of hydrogen-bond donors (Lipinski definition) is 1. The Bertz CT molecular complexity index is 1310. The number of nitrogens with zero attached hydrogens (tertiary/aromatic N) is 2. The fourth-order valence-electron chi connectivity index (χ4n) is 4.07. The average Bonchev–Trinajstić information content (AvgIpc) is 2.88. The second-order valence-electron chi connectivity index (χ2n) is 9.12. The molecule has 196 valence electrons. The summed E-state index contributed by atoms with van der Waals surface area (Å²) >= 11 is 0. The number of likely N-dealkylation sites (N-methyl/N-ethyl adjacent to an activating group) is 2. The molecule has 0 aliphatic rings. The third-order valence-corrected chi connectivity index (χ3v) is 8.13. The van der Waals surface area contributed by atoms with Crippen LogP contribution in [0.5, 0.6) is 0 Å². The molecule has 2 amide bonds. The molecule has 0 aromatic heterocycles. The highest BCUT2D eigenvalue weighted by atomic mass is 32.2. The van der Waals surface area contributed by atoms with E-state index in [-0.39, 0.29) is 17.3 Å². The van der Waals surface area contributed by atoms with Crippen molar-refractivity contribution in [3.8, 4) is 0 Å². The Morgan fingerprint density at radius 2 is 1.51 bits per heavy atom. The van der Waals surface area contributed by atoms with E-state index in [1.165, 1.54) is 24.1 Å². The molecule has 3 aromatic rings. The maximum Gasteiger partial charge on any atom is 0.243 e. The Morgan fingerprint density at radius 3 is 2.14 bits per heavy atom. The standard InChI is InChI=1S/C29H35N3O4S/c1-5-30-29(34)27(19-24-12-7-6-8-13-24)32(20-25-14-10-9-11-23(25)3)28(33)21-31(4)37(35,36)26-17-15-22(2)16-18-26/h6-18,27H,5,19-21H2,1-4H3,(H,30,34)/t27-/m1/s1. The van der Waals surface area contributed by atoms with Crippen LogP contribution in [-0.4, -0.2) is 55.6 Å². The Labute approximate surface area is 220 Å². The second-order valence-corrected chi connectivity index (χ2v) is 11.2. The van der Waals surface area contributed by atoms with E-state index in [0.29, 0.717) is 13.0 Å². The topological polar surface area (TPSA) is 86.8 Å². The van der Waals surface area contributed by atoms with E-state index in [9.17, 15) is 18.0 Å². The van der Waals surface area contributed by atoms with Crippen molar-refractivity contribution in [1.29, 1.82) is 0 Å². The van der Waals surface area contributed by atoms with Gasteiger partial charge in [0.1, 0.15) is 6.04 Å². The van der Waals surface area contributed by atoms with Gasteiger partial charge in [0, 0.05) is 26.6 Å². The van der Waals surface area contributed by atoms with Crippen LogP contribution in [0.2, 0.25) is 0 Å². The molecular formula is C29H35N3O4S. The number of amides is 2. The molecule has 1 atom stereocenters. The summed E-state index contributed by atoms with van der Waals surface area (Å²) < 4.78 is 27.4. The van der Waals surface area contributed by atoms with Gasteiger partial charge in [0.15, 0.2) is 0 Å². The van der Waals surface area contributed by atoms with Crippen LogP contribution in [0.3, 0.4) is 0 Å². The van der Waals surface area contributed by atoms with Crippen molar-refractivity contribution in [1.82, 2.24) is 14.5 Å². The lowest BCUT2D eigenvalue weighted by Gasteiger charge is -2.33. The number of rotatable bonds is 11. The van der Waals surface area contributed by atoms with Gasteiger partial charge in [0.05, 0.1) is 11.4 Å². The molecule has 0 heterocycles. The van der Waals surface area contributed by atoms with E-state index < -0.39 is 28.5 Å². The molecule has 3 aromatic carbocycles. The average molecular weight is 522 g/mol. The SMILES string of the molecule is CCNC(=O)[C@@H](Cc1ccccc1)N(Cc1ccccc1C)C(=O)CN(C)S(=O)(=O)c1ccc(C)cc1. The highest BCUT2D eigenvalue weighted by molar-refractivity contribution is 7.89. The van der Waals surface area contributed by atoms with Crippen LogP contribution in [0.25, 0.3) is 0 Å². The first-order valence-corrected chi connectivity index (χ1v) is 13.8. The van der Waals surface area contributed by atoms with Gasteiger partial charge in [-0.3, -0.25) is 9.59 Å². The van der Waals surface area contributed by atoms with E-state index in [1.807, 2.05) is 75.4 Å². The minimum absolute atomic E-state index is 0.114. The van der Waals surface area contributed by atoms with E-state index >= 15 is 0 Å². The van der Waals surface area contributed by atoms with Crippen LogP contribution < -0.4 is 5.32 Å². The zero-order chi connectivity index (χ0) is 27.0. The van der Waals surface area contributed by atoms with E-state index in [1.54, 1.807) is 12.1 Å². The van der Waals surface area contributed by atoms with E-state index in [4.69, 9.17) is 0 Å². The summed E-state index contributed by atoms with van der Waals surface area (Å²) in [4.78, 5) is 28.7. The number of carbonyl (C=O) groups is 2. The van der Waals surface area contributed by atoms with Crippen molar-refractivity contribution in [3.05, 3.63) is 101 Å². The van der Waals surface area contributed by atoms with Crippen molar-refractivity contribution in [2.24, 2.45) is 0 Å². The van der Waals surface area contributed by atoms with Crippen LogP contribution in [0.15, 0.2) is 83.8 Å². The van der Waals surface area contributed by atoms with E-state index in [2.05, 4.69) is 5.32 Å². The van der Waals surface area contributed by atoms with Crippen LogP contribution in [0, 0.1) is 13.8 Å². The number of benzene rings is 3. The fourth-order valence-corrected chi connectivity index (χ4v) is 5.19. The molecule has 0 unspecified atom stereocenters. The summed E-state index contributed by atoms with van der Waals surface area (Å²) in [5.41, 5.74) is 3.72. The van der Waals surface area contributed by atoms with Gasteiger partial charge in [-0.25, -0.2) is 8.42 Å². The van der Waals surface area contributed by atoms with Crippen LogP contribution in [-0.2, 0) is 32.6 Å². The van der Waals surface area contributed by atoms with Crippen LogP contribution in [0.4, 0.5) is 0 Å². The quantitative estimate of drug-likeness (QED) is 0.417. The minimum Gasteiger partial charge on any atom is -0.355 e. The number of aryl methyl sites for hydroxylation is 2. The molecule has 0 aliphatic heterocycles. The molecule has 8 heteroatoms. The lowest BCUT2D eigenvalue weighted by molar-refractivity contribution is -0.141. The molecule has 1 N–H and O–H groups in total. The fraction of sp³-hybridized carbons (Fsp3) is 0.310. The summed E-state index contributed by atoms with van der Waals surface area (Å²) in [5, 5.41) is 2.85. The summed E-state index contributed by atoms with van der Waals surface area (Å²) in [6.45, 7) is 5.85. The molecule has 0 aliphatic carbocycles. The smallest absolute Gasteiger partial charge is 0.243 e. The van der Waals surface area contributed by atoms with Gasteiger partial charge in [-0.05, 0) is 49.6 Å². The van der Waals surface area contributed by atoms with Crippen molar-refractivity contribution in [2.75, 3.05) is 20.1 Å².